The van der Waals surface area contributed by atoms with E-state index in [0.717, 1.165) is 11.1 Å². The minimum absolute atomic E-state index is 0.367. The van der Waals surface area contributed by atoms with E-state index in [0.29, 0.717) is 35.3 Å². The molecule has 0 heterocycles. The quantitative estimate of drug-likeness (QED) is 0.364. The largest absolute Gasteiger partial charge is 0.490 e. The first-order chi connectivity index (χ1) is 15.0. The average Bonchev–Trinajstić information content (AvgIpc) is 2.76. The zero-order valence-corrected chi connectivity index (χ0v) is 18.6. The summed E-state index contributed by atoms with van der Waals surface area (Å²) in [5.41, 5.74) is 7.13. The minimum atomic E-state index is -0.375. The second-order valence-electron chi connectivity index (χ2n) is 7.04. The van der Waals surface area contributed by atoms with Gasteiger partial charge in [0.15, 0.2) is 11.5 Å². The maximum absolute atomic E-state index is 12.2. The van der Waals surface area contributed by atoms with Crippen LogP contribution in [0.3, 0.4) is 0 Å². The van der Waals surface area contributed by atoms with Gasteiger partial charge in [-0.15, -0.1) is 0 Å². The molecule has 0 aliphatic carbocycles. The van der Waals surface area contributed by atoms with E-state index in [-0.39, 0.29) is 5.91 Å². The van der Waals surface area contributed by atoms with Crippen LogP contribution in [0.5, 0.6) is 11.5 Å². The van der Waals surface area contributed by atoms with Crippen LogP contribution < -0.4 is 14.9 Å². The number of hydrogen-bond donors (Lipinski definition) is 1. The van der Waals surface area contributed by atoms with Crippen molar-refractivity contribution in [1.29, 1.82) is 0 Å². The highest BCUT2D eigenvalue weighted by Gasteiger charge is 2.09. The molecule has 31 heavy (non-hydrogen) atoms. The lowest BCUT2D eigenvalue weighted by molar-refractivity contribution is 0.0955. The van der Waals surface area contributed by atoms with Crippen molar-refractivity contribution < 1.29 is 14.3 Å². The van der Waals surface area contributed by atoms with Crippen LogP contribution in [0.1, 0.15) is 39.5 Å². The molecule has 0 fully saturated rings. The second-order valence-corrected chi connectivity index (χ2v) is 7.44. The maximum atomic E-state index is 12.2. The number of amides is 1. The number of benzene rings is 3. The van der Waals surface area contributed by atoms with Crippen LogP contribution in [-0.2, 0) is 6.61 Å². The zero-order valence-electron chi connectivity index (χ0n) is 17.8. The fraction of sp³-hybridized carbons (Fsp3) is 0.200. The van der Waals surface area contributed by atoms with Gasteiger partial charge >= 0.3 is 0 Å². The van der Waals surface area contributed by atoms with Gasteiger partial charge in [0, 0.05) is 0 Å². The Hall–Kier alpha value is -3.31. The fourth-order valence-electron chi connectivity index (χ4n) is 2.97. The number of ether oxygens (including phenoxy) is 2. The third kappa shape index (κ3) is 6.09. The Balaban J connectivity index is 1.69. The van der Waals surface area contributed by atoms with Crippen LogP contribution in [0.4, 0.5) is 0 Å². The molecule has 160 valence electrons. The SMILES string of the molecule is CCOc1cc(/C=N\NC(=O)c2ccccc2Cl)ccc1OCc1cc(C)ccc1C. The monoisotopic (exact) mass is 436 g/mol. The van der Waals surface area contributed by atoms with Gasteiger partial charge in [0.2, 0.25) is 0 Å². The van der Waals surface area contributed by atoms with E-state index in [1.807, 2.05) is 25.1 Å². The smallest absolute Gasteiger partial charge is 0.272 e. The molecule has 3 aromatic carbocycles. The number of rotatable bonds is 8. The number of nitrogens with one attached hydrogen (secondary N) is 1. The van der Waals surface area contributed by atoms with Crippen molar-refractivity contribution in [2.75, 3.05) is 6.61 Å². The first-order valence-corrected chi connectivity index (χ1v) is 10.4. The van der Waals surface area contributed by atoms with Crippen molar-refractivity contribution in [2.45, 2.75) is 27.4 Å². The van der Waals surface area contributed by atoms with Crippen molar-refractivity contribution in [3.05, 3.63) is 93.5 Å². The first kappa shape index (κ1) is 22.4. The molecule has 3 aromatic rings. The molecule has 3 rings (SSSR count). The number of hydrazone groups is 1. The predicted molar refractivity (Wildman–Crippen MR) is 124 cm³/mol. The second kappa shape index (κ2) is 10.6. The fourth-order valence-corrected chi connectivity index (χ4v) is 3.20. The van der Waals surface area contributed by atoms with Gasteiger partial charge in [-0.25, -0.2) is 5.43 Å². The summed E-state index contributed by atoms with van der Waals surface area (Å²) in [6.07, 6.45) is 1.55. The molecule has 0 radical (unpaired) electrons. The maximum Gasteiger partial charge on any atom is 0.272 e. The summed E-state index contributed by atoms with van der Waals surface area (Å²) >= 11 is 6.04. The van der Waals surface area contributed by atoms with Crippen molar-refractivity contribution >= 4 is 23.7 Å². The predicted octanol–water partition coefficient (Wildman–Crippen LogP) is 5.70. The molecule has 6 heteroatoms. The summed E-state index contributed by atoms with van der Waals surface area (Å²) in [5.74, 6) is 0.898. The van der Waals surface area contributed by atoms with Gasteiger partial charge in [0.05, 0.1) is 23.4 Å². The molecular formula is C25H25ClN2O3. The van der Waals surface area contributed by atoms with E-state index in [2.05, 4.69) is 42.6 Å². The Morgan fingerprint density at radius 2 is 1.84 bits per heavy atom. The van der Waals surface area contributed by atoms with Gasteiger partial charge in [-0.05, 0) is 67.8 Å². The molecule has 1 N–H and O–H groups in total. The van der Waals surface area contributed by atoms with Crippen molar-refractivity contribution in [2.24, 2.45) is 5.10 Å². The van der Waals surface area contributed by atoms with Gasteiger partial charge in [-0.1, -0.05) is 47.5 Å². The summed E-state index contributed by atoms with van der Waals surface area (Å²) in [5, 5.41) is 4.40. The molecule has 0 atom stereocenters. The highest BCUT2D eigenvalue weighted by Crippen LogP contribution is 2.29. The topological polar surface area (TPSA) is 59.9 Å². The number of hydrogen-bond acceptors (Lipinski definition) is 4. The van der Waals surface area contributed by atoms with E-state index >= 15 is 0 Å². The molecule has 0 aliphatic heterocycles. The number of carbonyl (C=O) groups excluding carboxylic acids is 1. The summed E-state index contributed by atoms with van der Waals surface area (Å²) < 4.78 is 11.8. The van der Waals surface area contributed by atoms with Crippen LogP contribution in [0.15, 0.2) is 65.8 Å². The third-order valence-corrected chi connectivity index (χ3v) is 4.98. The normalized spacial score (nSPS) is 10.8. The summed E-state index contributed by atoms with van der Waals surface area (Å²) in [4.78, 5) is 12.2. The highest BCUT2D eigenvalue weighted by molar-refractivity contribution is 6.33. The zero-order chi connectivity index (χ0) is 22.2. The van der Waals surface area contributed by atoms with E-state index in [4.69, 9.17) is 21.1 Å². The van der Waals surface area contributed by atoms with Gasteiger partial charge in [0.25, 0.3) is 5.91 Å². The van der Waals surface area contributed by atoms with Crippen LogP contribution in [0.2, 0.25) is 5.02 Å². The van der Waals surface area contributed by atoms with E-state index in [9.17, 15) is 4.79 Å². The Bertz CT molecular complexity index is 1100. The first-order valence-electron chi connectivity index (χ1n) is 10.0. The molecular weight excluding hydrogens is 412 g/mol. The number of halogens is 1. The molecule has 0 saturated heterocycles. The standard InChI is InChI=1S/C25H25ClN2O3/c1-4-30-24-14-19(15-27-28-25(29)21-7-5-6-8-22(21)26)11-12-23(24)31-16-20-13-17(2)9-10-18(20)3/h5-15H,4,16H2,1-3H3,(H,28,29)/b27-15-. The van der Waals surface area contributed by atoms with Crippen LogP contribution in [0.25, 0.3) is 0 Å². The lowest BCUT2D eigenvalue weighted by atomic mass is 10.1. The molecule has 0 saturated carbocycles. The molecule has 1 amide bonds. The summed E-state index contributed by atoms with van der Waals surface area (Å²) in [6, 6.07) is 18.6. The third-order valence-electron chi connectivity index (χ3n) is 4.65. The molecule has 5 nitrogen and oxygen atoms in total. The molecule has 0 aliphatic rings. The molecule has 0 aromatic heterocycles. The van der Waals surface area contributed by atoms with Crippen LogP contribution in [-0.4, -0.2) is 18.7 Å². The van der Waals surface area contributed by atoms with Crippen LogP contribution in [0, 0.1) is 13.8 Å². The van der Waals surface area contributed by atoms with E-state index in [1.165, 1.54) is 11.1 Å². The minimum Gasteiger partial charge on any atom is -0.490 e. The number of carbonyl (C=O) groups is 1. The molecule has 0 spiro atoms. The van der Waals surface area contributed by atoms with Crippen molar-refractivity contribution in [3.63, 3.8) is 0 Å². The lowest BCUT2D eigenvalue weighted by Gasteiger charge is -2.14. The Labute approximate surface area is 187 Å². The highest BCUT2D eigenvalue weighted by atomic mass is 35.5. The molecule has 0 unspecified atom stereocenters. The molecule has 0 bridgehead atoms. The van der Waals surface area contributed by atoms with Gasteiger partial charge in [-0.2, -0.15) is 5.10 Å². The Morgan fingerprint density at radius 3 is 2.61 bits per heavy atom. The number of aryl methyl sites for hydroxylation is 2. The Morgan fingerprint density at radius 1 is 1.03 bits per heavy atom. The van der Waals surface area contributed by atoms with Gasteiger partial charge in [0.1, 0.15) is 6.61 Å². The van der Waals surface area contributed by atoms with E-state index < -0.39 is 0 Å². The lowest BCUT2D eigenvalue weighted by Crippen LogP contribution is -2.17. The van der Waals surface area contributed by atoms with Crippen molar-refractivity contribution in [1.82, 2.24) is 5.43 Å². The van der Waals surface area contributed by atoms with Gasteiger partial charge in [-0.3, -0.25) is 4.79 Å². The van der Waals surface area contributed by atoms with Crippen LogP contribution >= 0.6 is 11.6 Å². The summed E-state index contributed by atoms with van der Waals surface area (Å²) in [6.45, 7) is 7.00. The van der Waals surface area contributed by atoms with Gasteiger partial charge < -0.3 is 9.47 Å². The Kier molecular flexibility index (Phi) is 7.68. The van der Waals surface area contributed by atoms with Crippen molar-refractivity contribution in [3.8, 4) is 11.5 Å². The summed E-state index contributed by atoms with van der Waals surface area (Å²) in [7, 11) is 0. The average molecular weight is 437 g/mol. The number of nitrogens with zero attached hydrogens (tertiary/aromatic N) is 1. The van der Waals surface area contributed by atoms with E-state index in [1.54, 1.807) is 30.5 Å².